The average Bonchev–Trinajstić information content (AvgIpc) is 2.75. The molecule has 0 bridgehead atoms. The van der Waals surface area contributed by atoms with E-state index in [1.54, 1.807) is 24.3 Å². The maximum atomic E-state index is 12.2. The van der Waals surface area contributed by atoms with Crippen LogP contribution in [-0.4, -0.2) is 23.7 Å². The van der Waals surface area contributed by atoms with Crippen molar-refractivity contribution in [2.75, 3.05) is 6.61 Å². The van der Waals surface area contributed by atoms with Gasteiger partial charge in [-0.1, -0.05) is 37.8 Å². The monoisotopic (exact) mass is 291 g/mol. The second-order valence-electron chi connectivity index (χ2n) is 5.63. The van der Waals surface area contributed by atoms with Crippen molar-refractivity contribution in [3.63, 3.8) is 0 Å². The number of rotatable bonds is 5. The van der Waals surface area contributed by atoms with E-state index in [1.165, 1.54) is 25.7 Å². The summed E-state index contributed by atoms with van der Waals surface area (Å²) >= 11 is 0. The van der Waals surface area contributed by atoms with Gasteiger partial charge in [0.15, 0.2) is 0 Å². The summed E-state index contributed by atoms with van der Waals surface area (Å²) in [5.41, 5.74) is 0.843. The highest BCUT2D eigenvalue weighted by molar-refractivity contribution is 5.77. The van der Waals surface area contributed by atoms with E-state index in [0.717, 1.165) is 18.4 Å². The lowest BCUT2D eigenvalue weighted by Gasteiger charge is -2.24. The van der Waals surface area contributed by atoms with Gasteiger partial charge in [-0.3, -0.25) is 5.32 Å². The first-order chi connectivity index (χ1) is 10.2. The summed E-state index contributed by atoms with van der Waals surface area (Å²) in [5.74, 6) is -0.0386. The summed E-state index contributed by atoms with van der Waals surface area (Å²) in [4.78, 5) is 12.2. The zero-order valence-electron chi connectivity index (χ0n) is 12.7. The van der Waals surface area contributed by atoms with Crippen molar-refractivity contribution in [2.45, 2.75) is 57.5 Å². The quantitative estimate of drug-likeness (QED) is 0.645. The molecule has 1 aromatic rings. The fraction of sp³-hybridized carbons (Fsp3) is 0.588. The van der Waals surface area contributed by atoms with Gasteiger partial charge in [-0.2, -0.15) is 0 Å². The SMILES string of the molecule is CCOC(=O)C(NC1CCCCCC1)c1ccc(O)cc1. The number of carbonyl (C=O) groups is 1. The minimum Gasteiger partial charge on any atom is -0.508 e. The Morgan fingerprint density at radius 3 is 2.43 bits per heavy atom. The molecule has 0 heterocycles. The number of ether oxygens (including phenoxy) is 1. The molecule has 116 valence electrons. The summed E-state index contributed by atoms with van der Waals surface area (Å²) < 4.78 is 5.20. The highest BCUT2D eigenvalue weighted by atomic mass is 16.5. The van der Waals surface area contributed by atoms with Crippen LogP contribution in [0.25, 0.3) is 0 Å². The molecule has 2 rings (SSSR count). The van der Waals surface area contributed by atoms with Crippen molar-refractivity contribution in [3.8, 4) is 5.75 Å². The Kier molecular flexibility index (Phi) is 6.05. The van der Waals surface area contributed by atoms with E-state index in [4.69, 9.17) is 4.74 Å². The highest BCUT2D eigenvalue weighted by Crippen LogP contribution is 2.23. The van der Waals surface area contributed by atoms with Gasteiger partial charge in [0.05, 0.1) is 6.61 Å². The van der Waals surface area contributed by atoms with Crippen LogP contribution < -0.4 is 5.32 Å². The Labute approximate surface area is 126 Å². The lowest BCUT2D eigenvalue weighted by atomic mass is 10.0. The minimum absolute atomic E-state index is 0.204. The van der Waals surface area contributed by atoms with Crippen molar-refractivity contribution in [2.24, 2.45) is 0 Å². The molecule has 1 saturated carbocycles. The fourth-order valence-corrected chi connectivity index (χ4v) is 2.87. The second kappa shape index (κ2) is 8.03. The van der Waals surface area contributed by atoms with E-state index in [1.807, 2.05) is 6.92 Å². The molecule has 1 aromatic carbocycles. The predicted octanol–water partition coefficient (Wildman–Crippen LogP) is 3.31. The Hall–Kier alpha value is -1.55. The molecule has 1 atom stereocenters. The van der Waals surface area contributed by atoms with Gasteiger partial charge in [-0.05, 0) is 37.5 Å². The Bertz CT molecular complexity index is 436. The molecule has 1 unspecified atom stereocenters. The smallest absolute Gasteiger partial charge is 0.327 e. The number of esters is 1. The minimum atomic E-state index is -0.450. The van der Waals surface area contributed by atoms with Crippen molar-refractivity contribution in [1.29, 1.82) is 0 Å². The molecule has 0 aromatic heterocycles. The van der Waals surface area contributed by atoms with E-state index >= 15 is 0 Å². The molecular weight excluding hydrogens is 266 g/mol. The van der Waals surface area contributed by atoms with Gasteiger partial charge in [-0.15, -0.1) is 0 Å². The molecule has 21 heavy (non-hydrogen) atoms. The lowest BCUT2D eigenvalue weighted by Crippen LogP contribution is -2.37. The van der Waals surface area contributed by atoms with Crippen molar-refractivity contribution >= 4 is 5.97 Å². The Morgan fingerprint density at radius 2 is 1.86 bits per heavy atom. The van der Waals surface area contributed by atoms with Gasteiger partial charge < -0.3 is 9.84 Å². The van der Waals surface area contributed by atoms with Crippen LogP contribution in [0.3, 0.4) is 0 Å². The van der Waals surface area contributed by atoms with Gasteiger partial charge in [0.2, 0.25) is 0 Å². The standard InChI is InChI=1S/C17H25NO3/c1-2-21-17(20)16(13-9-11-15(19)12-10-13)18-14-7-5-3-4-6-8-14/h9-12,14,16,18-19H,2-8H2,1H3. The topological polar surface area (TPSA) is 58.6 Å². The van der Waals surface area contributed by atoms with E-state index in [0.29, 0.717) is 12.6 Å². The predicted molar refractivity (Wildman–Crippen MR) is 82.1 cm³/mol. The summed E-state index contributed by atoms with van der Waals surface area (Å²) in [5, 5.41) is 12.9. The van der Waals surface area contributed by atoms with Crippen LogP contribution in [0.5, 0.6) is 5.75 Å². The zero-order chi connectivity index (χ0) is 15.1. The fourth-order valence-electron chi connectivity index (χ4n) is 2.87. The van der Waals surface area contributed by atoms with Gasteiger partial charge in [0.1, 0.15) is 11.8 Å². The number of benzene rings is 1. The Balaban J connectivity index is 2.11. The third-order valence-electron chi connectivity index (χ3n) is 4.01. The van der Waals surface area contributed by atoms with Crippen LogP contribution in [0.15, 0.2) is 24.3 Å². The molecule has 4 nitrogen and oxygen atoms in total. The second-order valence-corrected chi connectivity index (χ2v) is 5.63. The zero-order valence-corrected chi connectivity index (χ0v) is 12.7. The summed E-state index contributed by atoms with van der Waals surface area (Å²) in [6.45, 7) is 2.19. The molecule has 0 spiro atoms. The maximum Gasteiger partial charge on any atom is 0.327 e. The molecule has 0 saturated heterocycles. The lowest BCUT2D eigenvalue weighted by molar-refractivity contribution is -0.146. The number of phenols is 1. The molecule has 1 fully saturated rings. The van der Waals surface area contributed by atoms with E-state index in [2.05, 4.69) is 5.32 Å². The van der Waals surface area contributed by atoms with Gasteiger partial charge in [-0.25, -0.2) is 4.79 Å². The van der Waals surface area contributed by atoms with Crippen LogP contribution in [0.4, 0.5) is 0 Å². The number of nitrogens with one attached hydrogen (secondary N) is 1. The van der Waals surface area contributed by atoms with Crippen LogP contribution in [0.2, 0.25) is 0 Å². The Morgan fingerprint density at radius 1 is 1.24 bits per heavy atom. The third kappa shape index (κ3) is 4.74. The molecule has 1 aliphatic carbocycles. The average molecular weight is 291 g/mol. The van der Waals surface area contributed by atoms with E-state index in [-0.39, 0.29) is 11.7 Å². The molecule has 0 amide bonds. The summed E-state index contributed by atoms with van der Waals surface area (Å²) in [6, 6.07) is 6.68. The van der Waals surface area contributed by atoms with Crippen LogP contribution in [0.1, 0.15) is 57.1 Å². The van der Waals surface area contributed by atoms with Crippen molar-refractivity contribution in [3.05, 3.63) is 29.8 Å². The van der Waals surface area contributed by atoms with Gasteiger partial charge in [0, 0.05) is 6.04 Å². The molecule has 2 N–H and O–H groups in total. The first kappa shape index (κ1) is 15.8. The van der Waals surface area contributed by atoms with Crippen LogP contribution >= 0.6 is 0 Å². The van der Waals surface area contributed by atoms with E-state index < -0.39 is 6.04 Å². The summed E-state index contributed by atoms with van der Waals surface area (Å²) in [6.07, 6.45) is 7.19. The number of aromatic hydroxyl groups is 1. The van der Waals surface area contributed by atoms with Gasteiger partial charge >= 0.3 is 5.97 Å². The van der Waals surface area contributed by atoms with Gasteiger partial charge in [0.25, 0.3) is 0 Å². The van der Waals surface area contributed by atoms with E-state index in [9.17, 15) is 9.90 Å². The third-order valence-corrected chi connectivity index (χ3v) is 4.01. The van der Waals surface area contributed by atoms with Crippen LogP contribution in [0, 0.1) is 0 Å². The first-order valence-electron chi connectivity index (χ1n) is 7.92. The summed E-state index contributed by atoms with van der Waals surface area (Å²) in [7, 11) is 0. The number of phenolic OH excluding ortho intramolecular Hbond substituents is 1. The number of carbonyl (C=O) groups excluding carboxylic acids is 1. The number of hydrogen-bond donors (Lipinski definition) is 2. The molecule has 0 radical (unpaired) electrons. The van der Waals surface area contributed by atoms with Crippen molar-refractivity contribution in [1.82, 2.24) is 5.32 Å². The molecular formula is C17H25NO3. The largest absolute Gasteiger partial charge is 0.508 e. The molecule has 0 aliphatic heterocycles. The first-order valence-corrected chi connectivity index (χ1v) is 7.92. The maximum absolute atomic E-state index is 12.2. The highest BCUT2D eigenvalue weighted by Gasteiger charge is 2.25. The van der Waals surface area contributed by atoms with Crippen LogP contribution in [-0.2, 0) is 9.53 Å². The normalized spacial score (nSPS) is 18.0. The van der Waals surface area contributed by atoms with Crippen molar-refractivity contribution < 1.29 is 14.6 Å². The number of hydrogen-bond acceptors (Lipinski definition) is 4. The molecule has 1 aliphatic rings. The molecule has 4 heteroatoms.